The van der Waals surface area contributed by atoms with Crippen LogP contribution in [0, 0.1) is 0 Å². The minimum absolute atomic E-state index is 0.0752. The van der Waals surface area contributed by atoms with E-state index in [9.17, 15) is 9.59 Å². The molecule has 0 aliphatic carbocycles. The van der Waals surface area contributed by atoms with Gasteiger partial charge in [-0.25, -0.2) is 19.6 Å². The molecule has 29 heavy (non-hydrogen) atoms. The zero-order valence-corrected chi connectivity index (χ0v) is 18.6. The Morgan fingerprint density at radius 1 is 0.862 bits per heavy atom. The molecule has 0 bridgehead atoms. The number of hydrogen-bond acceptors (Lipinski definition) is 9. The molecule has 8 nitrogen and oxygen atoms in total. The molecule has 0 aliphatic rings. The van der Waals surface area contributed by atoms with Crippen molar-refractivity contribution in [1.82, 2.24) is 9.97 Å². The minimum atomic E-state index is -0.514. The van der Waals surface area contributed by atoms with E-state index in [4.69, 9.17) is 25.8 Å². The van der Waals surface area contributed by atoms with Gasteiger partial charge in [0.2, 0.25) is 11.8 Å². The number of ether oxygens (including phenoxy) is 4. The Hall–Kier alpha value is -2.52. The summed E-state index contributed by atoms with van der Waals surface area (Å²) < 4.78 is 19.0. The first kappa shape index (κ1) is 24.5. The van der Waals surface area contributed by atoms with E-state index < -0.39 is 5.97 Å². The molecule has 158 valence electrons. The molecule has 2 aromatic heterocycles. The number of nitrogens with zero attached hydrogens (tertiary/aromatic N) is 2. The summed E-state index contributed by atoms with van der Waals surface area (Å²) in [4.78, 5) is 30.6. The van der Waals surface area contributed by atoms with Crippen molar-refractivity contribution < 1.29 is 28.5 Å². The molecule has 0 aromatic carbocycles. The van der Waals surface area contributed by atoms with Crippen molar-refractivity contribution in [2.75, 3.05) is 28.4 Å². The molecular formula is C19H23ClN2O6S. The van der Waals surface area contributed by atoms with Gasteiger partial charge in [-0.1, -0.05) is 25.4 Å². The molecule has 0 fully saturated rings. The predicted molar refractivity (Wildman–Crippen MR) is 110 cm³/mol. The number of aromatic nitrogens is 2. The van der Waals surface area contributed by atoms with Gasteiger partial charge < -0.3 is 18.9 Å². The van der Waals surface area contributed by atoms with E-state index >= 15 is 0 Å². The maximum atomic E-state index is 11.5. The first-order valence-corrected chi connectivity index (χ1v) is 9.61. The molecule has 0 amide bonds. The fourth-order valence-electron chi connectivity index (χ4n) is 1.91. The molecule has 0 saturated heterocycles. The molecule has 2 rings (SSSR count). The molecule has 10 heteroatoms. The normalized spacial score (nSPS) is 9.93. The molecule has 2 aromatic rings. The van der Waals surface area contributed by atoms with Gasteiger partial charge in [0, 0.05) is 17.4 Å². The topological polar surface area (TPSA) is 96.8 Å². The SMILES string of the molecule is COC(=O)c1ccc(OC)nc1Cl.COC(=O)c1ccc(OC)nc1SC(C)C. The van der Waals surface area contributed by atoms with Gasteiger partial charge in [0.15, 0.2) is 0 Å². The van der Waals surface area contributed by atoms with Gasteiger partial charge in [-0.3, -0.25) is 0 Å². The third-order valence-corrected chi connectivity index (χ3v) is 4.53. The molecule has 0 spiro atoms. The largest absolute Gasteiger partial charge is 0.481 e. The zero-order chi connectivity index (χ0) is 22.0. The highest BCUT2D eigenvalue weighted by atomic mass is 35.5. The number of pyridine rings is 2. The minimum Gasteiger partial charge on any atom is -0.481 e. The highest BCUT2D eigenvalue weighted by molar-refractivity contribution is 7.99. The second-order valence-corrected chi connectivity index (χ2v) is 7.47. The number of thioether (sulfide) groups is 1. The second kappa shape index (κ2) is 12.1. The van der Waals surface area contributed by atoms with Gasteiger partial charge in [-0.15, -0.1) is 11.8 Å². The molecule has 0 atom stereocenters. The first-order valence-electron chi connectivity index (χ1n) is 8.36. The van der Waals surface area contributed by atoms with Crippen LogP contribution in [0.2, 0.25) is 5.15 Å². The van der Waals surface area contributed by atoms with E-state index in [-0.39, 0.29) is 16.7 Å². The molecular weight excluding hydrogens is 420 g/mol. The number of methoxy groups -OCH3 is 4. The van der Waals surface area contributed by atoms with E-state index in [1.54, 1.807) is 19.2 Å². The standard InChI is InChI=1S/C11H15NO3S.C8H8ClNO3/c1-7(2)16-10-8(11(13)15-4)5-6-9(12-10)14-3;1-12-6-4-3-5(7(9)10-6)8(11)13-2/h5-7H,1-4H3;3-4H,1-2H3. The van der Waals surface area contributed by atoms with Gasteiger partial charge >= 0.3 is 11.9 Å². The zero-order valence-electron chi connectivity index (χ0n) is 17.0. The highest BCUT2D eigenvalue weighted by Crippen LogP contribution is 2.27. The molecule has 0 unspecified atom stereocenters. The van der Waals surface area contributed by atoms with Gasteiger partial charge in [0.1, 0.15) is 10.2 Å². The van der Waals surface area contributed by atoms with Crippen LogP contribution in [0.1, 0.15) is 34.6 Å². The Morgan fingerprint density at radius 2 is 1.34 bits per heavy atom. The van der Waals surface area contributed by atoms with Crippen molar-refractivity contribution >= 4 is 35.3 Å². The first-order chi connectivity index (χ1) is 13.8. The lowest BCUT2D eigenvalue weighted by Gasteiger charge is -2.10. The summed E-state index contributed by atoms with van der Waals surface area (Å²) >= 11 is 7.20. The maximum Gasteiger partial charge on any atom is 0.341 e. The van der Waals surface area contributed by atoms with Crippen LogP contribution in [0.25, 0.3) is 0 Å². The molecule has 0 N–H and O–H groups in total. The lowest BCUT2D eigenvalue weighted by Crippen LogP contribution is -2.06. The van der Waals surface area contributed by atoms with Crippen LogP contribution in [0.15, 0.2) is 29.3 Å². The summed E-state index contributed by atoms with van der Waals surface area (Å²) in [6, 6.07) is 6.36. The summed E-state index contributed by atoms with van der Waals surface area (Å²) in [7, 11) is 5.65. The number of carbonyl (C=O) groups is 2. The Labute approximate surface area is 178 Å². The van der Waals surface area contributed by atoms with Crippen molar-refractivity contribution in [3.63, 3.8) is 0 Å². The van der Waals surface area contributed by atoms with Crippen LogP contribution in [-0.4, -0.2) is 55.6 Å². The maximum absolute atomic E-state index is 11.5. The van der Waals surface area contributed by atoms with E-state index in [0.717, 1.165) is 0 Å². The van der Waals surface area contributed by atoms with E-state index in [1.807, 2.05) is 13.8 Å². The second-order valence-electron chi connectivity index (χ2n) is 5.55. The lowest BCUT2D eigenvalue weighted by molar-refractivity contribution is 0.0588. The highest BCUT2D eigenvalue weighted by Gasteiger charge is 2.16. The summed E-state index contributed by atoms with van der Waals surface area (Å²) in [5, 5.41) is 1.05. The summed E-state index contributed by atoms with van der Waals surface area (Å²) in [5.41, 5.74) is 0.701. The van der Waals surface area contributed by atoms with Gasteiger partial charge in [0.05, 0.1) is 39.6 Å². The number of halogens is 1. The Bertz CT molecular complexity index is 847. The van der Waals surface area contributed by atoms with Crippen molar-refractivity contribution in [2.45, 2.75) is 24.1 Å². The molecule has 0 radical (unpaired) electrons. The van der Waals surface area contributed by atoms with Crippen molar-refractivity contribution in [2.24, 2.45) is 0 Å². The van der Waals surface area contributed by atoms with Crippen LogP contribution >= 0.6 is 23.4 Å². The Kier molecular flexibility index (Phi) is 10.3. The van der Waals surface area contributed by atoms with E-state index in [1.165, 1.54) is 45.2 Å². The van der Waals surface area contributed by atoms with Crippen molar-refractivity contribution in [3.05, 3.63) is 40.5 Å². The average molecular weight is 443 g/mol. The van der Waals surface area contributed by atoms with Crippen molar-refractivity contribution in [1.29, 1.82) is 0 Å². The molecule has 0 aliphatic heterocycles. The van der Waals surface area contributed by atoms with Crippen LogP contribution in [-0.2, 0) is 9.47 Å². The quantitative estimate of drug-likeness (QED) is 0.374. The number of rotatable bonds is 6. The third kappa shape index (κ3) is 7.43. The fourth-order valence-corrected chi connectivity index (χ4v) is 3.00. The smallest absolute Gasteiger partial charge is 0.341 e. The number of carbonyl (C=O) groups excluding carboxylic acids is 2. The monoisotopic (exact) mass is 442 g/mol. The average Bonchev–Trinajstić information content (AvgIpc) is 2.72. The summed E-state index contributed by atoms with van der Waals surface area (Å²) in [6.07, 6.45) is 0. The van der Waals surface area contributed by atoms with Crippen LogP contribution in [0.5, 0.6) is 11.8 Å². The summed E-state index contributed by atoms with van der Waals surface area (Å²) in [5.74, 6) is -0.0353. The van der Waals surface area contributed by atoms with E-state index in [2.05, 4.69) is 14.7 Å². The number of hydrogen-bond donors (Lipinski definition) is 0. The Morgan fingerprint density at radius 3 is 1.79 bits per heavy atom. The van der Waals surface area contributed by atoms with Gasteiger partial charge in [-0.2, -0.15) is 0 Å². The van der Waals surface area contributed by atoms with Crippen LogP contribution in [0.4, 0.5) is 0 Å². The van der Waals surface area contributed by atoms with Gasteiger partial charge in [-0.05, 0) is 12.1 Å². The van der Waals surface area contributed by atoms with Crippen molar-refractivity contribution in [3.8, 4) is 11.8 Å². The lowest BCUT2D eigenvalue weighted by atomic mass is 10.3. The van der Waals surface area contributed by atoms with Crippen LogP contribution in [0.3, 0.4) is 0 Å². The molecule has 2 heterocycles. The van der Waals surface area contributed by atoms with E-state index in [0.29, 0.717) is 27.6 Å². The number of esters is 2. The Balaban J connectivity index is 0.000000296. The summed E-state index contributed by atoms with van der Waals surface area (Å²) in [6.45, 7) is 4.07. The van der Waals surface area contributed by atoms with Crippen LogP contribution < -0.4 is 9.47 Å². The predicted octanol–water partition coefficient (Wildman–Crippen LogP) is 3.91. The molecule has 0 saturated carbocycles. The fraction of sp³-hybridized carbons (Fsp3) is 0.368. The van der Waals surface area contributed by atoms with Gasteiger partial charge in [0.25, 0.3) is 0 Å². The third-order valence-electron chi connectivity index (χ3n) is 3.23.